The van der Waals surface area contributed by atoms with Gasteiger partial charge in [-0.2, -0.15) is 0 Å². The number of carbonyl (C=O) groups excluding carboxylic acids is 1. The number of hydrogen-bond acceptors (Lipinski definition) is 3. The van der Waals surface area contributed by atoms with E-state index in [1.165, 1.54) is 12.1 Å². The average molecular weight is 325 g/mol. The Morgan fingerprint density at radius 2 is 1.90 bits per heavy atom. The van der Waals surface area contributed by atoms with Crippen LogP contribution in [0.25, 0.3) is 0 Å². The zero-order valence-corrected chi connectivity index (χ0v) is 12.5. The van der Waals surface area contributed by atoms with Crippen LogP contribution in [-0.4, -0.2) is 17.6 Å². The quantitative estimate of drug-likeness (QED) is 0.756. The lowest BCUT2D eigenvalue weighted by Crippen LogP contribution is -2.31. The molecule has 0 heterocycles. The van der Waals surface area contributed by atoms with Gasteiger partial charge in [0.15, 0.2) is 0 Å². The topological polar surface area (TPSA) is 75.4 Å². The molecule has 0 fully saturated rings. The van der Waals surface area contributed by atoms with Crippen LogP contribution in [0, 0.1) is 0 Å². The molecule has 0 saturated carbocycles. The van der Waals surface area contributed by atoms with Crippen molar-refractivity contribution in [2.45, 2.75) is 6.04 Å². The van der Waals surface area contributed by atoms with Crippen LogP contribution in [0.2, 0.25) is 10.0 Å². The molecule has 0 spiro atoms. The fourth-order valence-corrected chi connectivity index (χ4v) is 2.35. The SMILES string of the molecule is Nc1cc(Cl)c(Cl)c(C(=O)N[C@H](CO)c2ccccc2)c1. The Balaban J connectivity index is 2.25. The summed E-state index contributed by atoms with van der Waals surface area (Å²) >= 11 is 11.9. The normalized spacial score (nSPS) is 12.0. The van der Waals surface area contributed by atoms with E-state index in [2.05, 4.69) is 5.32 Å². The van der Waals surface area contributed by atoms with E-state index in [4.69, 9.17) is 28.9 Å². The second-order valence-electron chi connectivity index (χ2n) is 4.48. The van der Waals surface area contributed by atoms with Gasteiger partial charge in [-0.15, -0.1) is 0 Å². The van der Waals surface area contributed by atoms with E-state index in [-0.39, 0.29) is 22.2 Å². The van der Waals surface area contributed by atoms with Gasteiger partial charge in [-0.3, -0.25) is 4.79 Å². The number of benzene rings is 2. The highest BCUT2D eigenvalue weighted by molar-refractivity contribution is 6.44. The summed E-state index contributed by atoms with van der Waals surface area (Å²) < 4.78 is 0. The van der Waals surface area contributed by atoms with Crippen LogP contribution < -0.4 is 11.1 Å². The van der Waals surface area contributed by atoms with Crippen LogP contribution >= 0.6 is 23.2 Å². The number of hydrogen-bond donors (Lipinski definition) is 3. The van der Waals surface area contributed by atoms with Gasteiger partial charge in [0, 0.05) is 5.69 Å². The van der Waals surface area contributed by atoms with E-state index in [9.17, 15) is 9.90 Å². The van der Waals surface area contributed by atoms with E-state index in [0.29, 0.717) is 5.69 Å². The van der Waals surface area contributed by atoms with Crippen LogP contribution in [0.4, 0.5) is 5.69 Å². The third-order valence-corrected chi connectivity index (χ3v) is 3.79. The van der Waals surface area contributed by atoms with Crippen LogP contribution in [0.15, 0.2) is 42.5 Å². The molecule has 0 aliphatic heterocycles. The lowest BCUT2D eigenvalue weighted by molar-refractivity contribution is 0.0916. The van der Waals surface area contributed by atoms with Gasteiger partial charge in [0.2, 0.25) is 0 Å². The number of amides is 1. The largest absolute Gasteiger partial charge is 0.399 e. The van der Waals surface area contributed by atoms with Crippen molar-refractivity contribution < 1.29 is 9.90 Å². The van der Waals surface area contributed by atoms with Crippen molar-refractivity contribution in [1.82, 2.24) is 5.32 Å². The molecular weight excluding hydrogens is 311 g/mol. The number of carbonyl (C=O) groups is 1. The molecule has 0 aromatic heterocycles. The maximum absolute atomic E-state index is 12.3. The zero-order valence-electron chi connectivity index (χ0n) is 11.0. The van der Waals surface area contributed by atoms with Gasteiger partial charge in [0.25, 0.3) is 5.91 Å². The van der Waals surface area contributed by atoms with E-state index in [0.717, 1.165) is 5.56 Å². The summed E-state index contributed by atoms with van der Waals surface area (Å²) in [5, 5.41) is 12.5. The van der Waals surface area contributed by atoms with Gasteiger partial charge >= 0.3 is 0 Å². The second kappa shape index (κ2) is 6.80. The Bertz CT molecular complexity index is 648. The van der Waals surface area contributed by atoms with Crippen LogP contribution in [0.3, 0.4) is 0 Å². The molecule has 0 unspecified atom stereocenters. The third kappa shape index (κ3) is 3.67. The lowest BCUT2D eigenvalue weighted by Gasteiger charge is -2.17. The van der Waals surface area contributed by atoms with Crippen molar-refractivity contribution in [2.75, 3.05) is 12.3 Å². The summed E-state index contributed by atoms with van der Waals surface area (Å²) in [4.78, 5) is 12.3. The number of nitrogen functional groups attached to an aromatic ring is 1. The molecular formula is C15H14Cl2N2O2. The van der Waals surface area contributed by atoms with E-state index in [1.807, 2.05) is 30.3 Å². The van der Waals surface area contributed by atoms with E-state index >= 15 is 0 Å². The first-order valence-corrected chi connectivity index (χ1v) is 6.99. The summed E-state index contributed by atoms with van der Waals surface area (Å²) in [7, 11) is 0. The predicted molar refractivity (Wildman–Crippen MR) is 84.6 cm³/mol. The molecule has 4 N–H and O–H groups in total. The minimum atomic E-state index is -0.532. The van der Waals surface area contributed by atoms with Gasteiger partial charge < -0.3 is 16.2 Å². The van der Waals surface area contributed by atoms with Gasteiger partial charge in [0.1, 0.15) is 0 Å². The van der Waals surface area contributed by atoms with Crippen molar-refractivity contribution in [3.63, 3.8) is 0 Å². The smallest absolute Gasteiger partial charge is 0.253 e. The number of halogens is 2. The molecule has 6 heteroatoms. The first-order chi connectivity index (χ1) is 10.0. The van der Waals surface area contributed by atoms with Gasteiger partial charge in [-0.05, 0) is 17.7 Å². The number of anilines is 1. The molecule has 0 aliphatic rings. The number of aliphatic hydroxyl groups excluding tert-OH is 1. The summed E-state index contributed by atoms with van der Waals surface area (Å²) in [5.74, 6) is -0.447. The number of nitrogens with one attached hydrogen (secondary N) is 1. The Labute approximate surface area is 132 Å². The maximum Gasteiger partial charge on any atom is 0.253 e. The molecule has 4 nitrogen and oxygen atoms in total. The third-order valence-electron chi connectivity index (χ3n) is 2.99. The fourth-order valence-electron chi connectivity index (χ4n) is 1.93. The Morgan fingerprint density at radius 1 is 1.24 bits per heavy atom. The highest BCUT2D eigenvalue weighted by Crippen LogP contribution is 2.29. The fraction of sp³-hybridized carbons (Fsp3) is 0.133. The number of nitrogens with two attached hydrogens (primary N) is 1. The number of aliphatic hydroxyl groups is 1. The summed E-state index contributed by atoms with van der Waals surface area (Å²) in [6.07, 6.45) is 0. The first-order valence-electron chi connectivity index (χ1n) is 6.24. The second-order valence-corrected chi connectivity index (χ2v) is 5.27. The molecule has 2 rings (SSSR count). The molecule has 0 aliphatic carbocycles. The summed E-state index contributed by atoms with van der Waals surface area (Å²) in [5.41, 5.74) is 6.98. The lowest BCUT2D eigenvalue weighted by atomic mass is 10.1. The first kappa shape index (κ1) is 15.6. The van der Waals surface area contributed by atoms with Crippen molar-refractivity contribution in [3.05, 3.63) is 63.6 Å². The monoisotopic (exact) mass is 324 g/mol. The van der Waals surface area contributed by atoms with Crippen molar-refractivity contribution >= 4 is 34.8 Å². The molecule has 110 valence electrons. The van der Waals surface area contributed by atoms with Crippen molar-refractivity contribution in [3.8, 4) is 0 Å². The van der Waals surface area contributed by atoms with Crippen LogP contribution in [0.5, 0.6) is 0 Å². The Kier molecular flexibility index (Phi) is 5.07. The predicted octanol–water partition coefficient (Wildman–Crippen LogP) is 3.04. The number of rotatable bonds is 4. The van der Waals surface area contributed by atoms with Gasteiger partial charge in [-0.1, -0.05) is 53.5 Å². The summed E-state index contributed by atoms with van der Waals surface area (Å²) in [6, 6.07) is 11.5. The van der Waals surface area contributed by atoms with Crippen molar-refractivity contribution in [1.29, 1.82) is 0 Å². The van der Waals surface area contributed by atoms with Crippen molar-refractivity contribution in [2.24, 2.45) is 0 Å². The van der Waals surface area contributed by atoms with E-state index < -0.39 is 11.9 Å². The molecule has 1 atom stereocenters. The summed E-state index contributed by atoms with van der Waals surface area (Å²) in [6.45, 7) is -0.233. The average Bonchev–Trinajstić information content (AvgIpc) is 2.49. The highest BCUT2D eigenvalue weighted by atomic mass is 35.5. The molecule has 0 bridgehead atoms. The van der Waals surface area contributed by atoms with Crippen LogP contribution in [0.1, 0.15) is 22.0 Å². The molecule has 0 saturated heterocycles. The molecule has 2 aromatic rings. The zero-order chi connectivity index (χ0) is 15.4. The van der Waals surface area contributed by atoms with Crippen LogP contribution in [-0.2, 0) is 0 Å². The molecule has 1 amide bonds. The minimum Gasteiger partial charge on any atom is -0.399 e. The van der Waals surface area contributed by atoms with E-state index in [1.54, 1.807) is 0 Å². The Morgan fingerprint density at radius 3 is 2.52 bits per heavy atom. The van der Waals surface area contributed by atoms with Gasteiger partial charge in [-0.25, -0.2) is 0 Å². The Hall–Kier alpha value is -1.75. The van der Waals surface area contributed by atoms with Gasteiger partial charge in [0.05, 0.1) is 28.3 Å². The maximum atomic E-state index is 12.3. The standard InChI is InChI=1S/C15H14Cl2N2O2/c16-12-7-10(18)6-11(14(12)17)15(21)19-13(8-20)9-4-2-1-3-5-9/h1-7,13,20H,8,18H2,(H,19,21)/t13-/m1/s1. The highest BCUT2D eigenvalue weighted by Gasteiger charge is 2.18. The minimum absolute atomic E-state index is 0.133. The molecule has 0 radical (unpaired) electrons. The molecule has 2 aromatic carbocycles. The molecule has 21 heavy (non-hydrogen) atoms.